The van der Waals surface area contributed by atoms with Crippen LogP contribution < -0.4 is 4.72 Å². The minimum absolute atomic E-state index is 0.131. The highest BCUT2D eigenvalue weighted by Crippen LogP contribution is 2.27. The van der Waals surface area contributed by atoms with Gasteiger partial charge in [-0.05, 0) is 48.9 Å². The highest BCUT2D eigenvalue weighted by atomic mass is 35.5. The molecule has 8 heteroatoms. The molecule has 0 saturated heterocycles. The minimum Gasteiger partial charge on any atom is -0.419 e. The molecule has 0 amide bonds. The average molecular weight is 440 g/mol. The summed E-state index contributed by atoms with van der Waals surface area (Å²) >= 11 is 6.00. The van der Waals surface area contributed by atoms with Crippen molar-refractivity contribution in [3.8, 4) is 11.5 Å². The van der Waals surface area contributed by atoms with Crippen molar-refractivity contribution in [2.75, 3.05) is 0 Å². The van der Waals surface area contributed by atoms with Gasteiger partial charge in [0.15, 0.2) is 0 Å². The Bertz CT molecular complexity index is 1240. The number of hydrogen-bond donors (Lipinski definition) is 1. The van der Waals surface area contributed by atoms with Gasteiger partial charge in [0, 0.05) is 10.6 Å². The van der Waals surface area contributed by atoms with Crippen molar-refractivity contribution >= 4 is 21.6 Å². The van der Waals surface area contributed by atoms with Crippen LogP contribution in [0.25, 0.3) is 11.5 Å². The molecule has 0 saturated carbocycles. The van der Waals surface area contributed by atoms with E-state index in [4.69, 9.17) is 16.0 Å². The van der Waals surface area contributed by atoms with Gasteiger partial charge in [-0.15, -0.1) is 10.2 Å². The van der Waals surface area contributed by atoms with Gasteiger partial charge in [0.1, 0.15) is 6.04 Å². The average Bonchev–Trinajstić information content (AvgIpc) is 3.24. The third-order valence-electron chi connectivity index (χ3n) is 4.52. The summed E-state index contributed by atoms with van der Waals surface area (Å²) in [5, 5.41) is 8.73. The zero-order valence-corrected chi connectivity index (χ0v) is 17.6. The number of nitrogens with one attached hydrogen (secondary N) is 1. The van der Waals surface area contributed by atoms with E-state index in [1.54, 1.807) is 48.5 Å². The van der Waals surface area contributed by atoms with Gasteiger partial charge in [-0.25, -0.2) is 8.42 Å². The number of aromatic nitrogens is 2. The molecule has 0 fully saturated rings. The van der Waals surface area contributed by atoms with Crippen LogP contribution in [0.3, 0.4) is 0 Å². The molecule has 3 aromatic carbocycles. The van der Waals surface area contributed by atoms with E-state index in [1.807, 2.05) is 37.3 Å². The number of hydrogen-bond acceptors (Lipinski definition) is 5. The summed E-state index contributed by atoms with van der Waals surface area (Å²) in [5.74, 6) is 0.436. The van der Waals surface area contributed by atoms with Crippen LogP contribution in [0.15, 0.2) is 88.2 Å². The smallest absolute Gasteiger partial charge is 0.247 e. The maximum Gasteiger partial charge on any atom is 0.247 e. The van der Waals surface area contributed by atoms with E-state index in [0.717, 1.165) is 11.1 Å². The fraction of sp³-hybridized carbons (Fsp3) is 0.0909. The Balaban J connectivity index is 1.73. The van der Waals surface area contributed by atoms with Crippen LogP contribution in [-0.4, -0.2) is 18.6 Å². The first-order chi connectivity index (χ1) is 14.4. The Morgan fingerprint density at radius 2 is 1.57 bits per heavy atom. The molecule has 0 aliphatic rings. The van der Waals surface area contributed by atoms with Crippen molar-refractivity contribution in [1.29, 1.82) is 0 Å². The molecule has 4 aromatic rings. The largest absolute Gasteiger partial charge is 0.419 e. The topological polar surface area (TPSA) is 85.1 Å². The van der Waals surface area contributed by atoms with Gasteiger partial charge in [0.25, 0.3) is 0 Å². The molecule has 0 spiro atoms. The van der Waals surface area contributed by atoms with Crippen LogP contribution >= 0.6 is 11.6 Å². The predicted octanol–water partition coefficient (Wildman–Crippen LogP) is 4.77. The second-order valence-corrected chi connectivity index (χ2v) is 8.88. The van der Waals surface area contributed by atoms with Crippen molar-refractivity contribution in [2.45, 2.75) is 17.9 Å². The highest BCUT2D eigenvalue weighted by molar-refractivity contribution is 7.89. The lowest BCUT2D eigenvalue weighted by Crippen LogP contribution is -2.29. The Morgan fingerprint density at radius 3 is 2.23 bits per heavy atom. The zero-order valence-electron chi connectivity index (χ0n) is 16.0. The Morgan fingerprint density at radius 1 is 0.900 bits per heavy atom. The second kappa shape index (κ2) is 8.39. The first-order valence-electron chi connectivity index (χ1n) is 9.16. The number of nitrogens with zero attached hydrogens (tertiary/aromatic N) is 2. The molecule has 0 unspecified atom stereocenters. The van der Waals surface area contributed by atoms with Gasteiger partial charge >= 0.3 is 0 Å². The minimum atomic E-state index is -3.85. The Hall–Kier alpha value is -3.00. The summed E-state index contributed by atoms with van der Waals surface area (Å²) < 4.78 is 34.5. The van der Waals surface area contributed by atoms with E-state index >= 15 is 0 Å². The van der Waals surface area contributed by atoms with Gasteiger partial charge in [0.05, 0.1) is 4.90 Å². The van der Waals surface area contributed by atoms with E-state index < -0.39 is 16.1 Å². The molecule has 1 N–H and O–H groups in total. The fourth-order valence-corrected chi connectivity index (χ4v) is 4.21. The van der Waals surface area contributed by atoms with Crippen LogP contribution in [-0.2, 0) is 10.0 Å². The van der Waals surface area contributed by atoms with Gasteiger partial charge in [0.2, 0.25) is 21.8 Å². The van der Waals surface area contributed by atoms with Gasteiger partial charge in [-0.3, -0.25) is 0 Å². The van der Waals surface area contributed by atoms with Crippen LogP contribution in [0, 0.1) is 6.92 Å². The SMILES string of the molecule is Cc1ccc(S(=O)(=O)N[C@@H](c2ccc(Cl)cc2)c2nnc(-c3ccccc3)o2)cc1. The third kappa shape index (κ3) is 4.43. The molecule has 30 heavy (non-hydrogen) atoms. The molecule has 6 nitrogen and oxygen atoms in total. The molecule has 0 aliphatic heterocycles. The summed E-state index contributed by atoms with van der Waals surface area (Å²) in [6, 6.07) is 21.8. The van der Waals surface area contributed by atoms with Gasteiger partial charge in [-0.1, -0.05) is 59.6 Å². The van der Waals surface area contributed by atoms with Crippen molar-refractivity contribution in [3.63, 3.8) is 0 Å². The number of rotatable bonds is 6. The molecule has 0 radical (unpaired) electrons. The lowest BCUT2D eigenvalue weighted by atomic mass is 10.1. The van der Waals surface area contributed by atoms with Crippen molar-refractivity contribution in [1.82, 2.24) is 14.9 Å². The number of benzene rings is 3. The Labute approximate surface area is 179 Å². The number of aryl methyl sites for hydroxylation is 1. The number of halogens is 1. The molecule has 4 rings (SSSR count). The van der Waals surface area contributed by atoms with Crippen LogP contribution in [0.4, 0.5) is 0 Å². The van der Waals surface area contributed by atoms with Gasteiger partial charge in [-0.2, -0.15) is 4.72 Å². The maximum absolute atomic E-state index is 13.0. The summed E-state index contributed by atoms with van der Waals surface area (Å²) in [6.45, 7) is 1.89. The van der Waals surface area contributed by atoms with Crippen molar-refractivity contribution < 1.29 is 12.8 Å². The Kier molecular flexibility index (Phi) is 5.67. The van der Waals surface area contributed by atoms with Gasteiger partial charge < -0.3 is 4.42 Å². The van der Waals surface area contributed by atoms with Crippen LogP contribution in [0.1, 0.15) is 23.1 Å². The fourth-order valence-electron chi connectivity index (χ4n) is 2.91. The molecule has 0 bridgehead atoms. The molecular weight excluding hydrogens is 422 g/mol. The summed E-state index contributed by atoms with van der Waals surface area (Å²) in [5.41, 5.74) is 2.33. The first kappa shape index (κ1) is 20.3. The first-order valence-corrected chi connectivity index (χ1v) is 11.0. The van der Waals surface area contributed by atoms with E-state index in [-0.39, 0.29) is 10.8 Å². The normalized spacial score (nSPS) is 12.6. The summed E-state index contributed by atoms with van der Waals surface area (Å²) in [6.07, 6.45) is 0. The van der Waals surface area contributed by atoms with E-state index in [9.17, 15) is 8.42 Å². The van der Waals surface area contributed by atoms with E-state index in [2.05, 4.69) is 14.9 Å². The summed E-state index contributed by atoms with van der Waals surface area (Å²) in [7, 11) is -3.85. The quantitative estimate of drug-likeness (QED) is 0.468. The summed E-state index contributed by atoms with van der Waals surface area (Å²) in [4.78, 5) is 0.148. The third-order valence-corrected chi connectivity index (χ3v) is 6.21. The highest BCUT2D eigenvalue weighted by Gasteiger charge is 2.27. The molecule has 152 valence electrons. The lowest BCUT2D eigenvalue weighted by molar-refractivity contribution is 0.464. The van der Waals surface area contributed by atoms with Crippen molar-refractivity contribution in [3.05, 3.63) is 101 Å². The van der Waals surface area contributed by atoms with Crippen LogP contribution in [0.2, 0.25) is 5.02 Å². The second-order valence-electron chi connectivity index (χ2n) is 6.73. The lowest BCUT2D eigenvalue weighted by Gasteiger charge is -2.16. The zero-order chi connectivity index (χ0) is 21.1. The van der Waals surface area contributed by atoms with E-state index in [0.29, 0.717) is 16.5 Å². The molecule has 1 atom stereocenters. The molecule has 1 aromatic heterocycles. The molecule has 1 heterocycles. The monoisotopic (exact) mass is 439 g/mol. The molecule has 0 aliphatic carbocycles. The molecular formula is C22H18ClN3O3S. The standard InChI is InChI=1S/C22H18ClN3O3S/c1-15-7-13-19(14-8-15)30(27,28)26-20(16-9-11-18(23)12-10-16)22-25-24-21(29-22)17-5-3-2-4-6-17/h2-14,20,26H,1H3/t20-/m0/s1. The van der Waals surface area contributed by atoms with Crippen LogP contribution in [0.5, 0.6) is 0 Å². The predicted molar refractivity (Wildman–Crippen MR) is 115 cm³/mol. The van der Waals surface area contributed by atoms with Crippen molar-refractivity contribution in [2.24, 2.45) is 0 Å². The number of sulfonamides is 1. The van der Waals surface area contributed by atoms with E-state index in [1.165, 1.54) is 0 Å². The maximum atomic E-state index is 13.0.